The zero-order valence-corrected chi connectivity index (χ0v) is 17.6. The minimum absolute atomic E-state index is 0.327. The highest BCUT2D eigenvalue weighted by atomic mass is 32.1. The molecular weight excluding hydrogens is 368 g/mol. The van der Waals surface area contributed by atoms with Crippen LogP contribution in [0.2, 0.25) is 0 Å². The van der Waals surface area contributed by atoms with Crippen LogP contribution in [0.25, 0.3) is 10.2 Å². The summed E-state index contributed by atoms with van der Waals surface area (Å²) in [6.45, 7) is 11.4. The lowest BCUT2D eigenvalue weighted by Crippen LogP contribution is -2.46. The van der Waals surface area contributed by atoms with Crippen LogP contribution in [0, 0.1) is 11.8 Å². The molecule has 2 aliphatic heterocycles. The summed E-state index contributed by atoms with van der Waals surface area (Å²) < 4.78 is 7.27. The van der Waals surface area contributed by atoms with Crippen molar-refractivity contribution in [2.75, 3.05) is 63.9 Å². The smallest absolute Gasteiger partial charge is 0.186 e. The van der Waals surface area contributed by atoms with Gasteiger partial charge in [0.2, 0.25) is 0 Å². The number of aromatic nitrogens is 1. The molecule has 0 saturated carbocycles. The molecule has 0 atom stereocenters. The Morgan fingerprint density at radius 1 is 1.04 bits per heavy atom. The van der Waals surface area contributed by atoms with Gasteiger partial charge in [0, 0.05) is 39.3 Å². The summed E-state index contributed by atoms with van der Waals surface area (Å²) in [5.74, 6) is 6.51. The van der Waals surface area contributed by atoms with E-state index in [1.54, 1.807) is 11.3 Å². The molecule has 0 N–H and O–H groups in total. The molecule has 2 aromatic rings. The quantitative estimate of drug-likeness (QED) is 0.723. The van der Waals surface area contributed by atoms with Gasteiger partial charge in [-0.05, 0) is 31.5 Å². The van der Waals surface area contributed by atoms with Gasteiger partial charge in [-0.25, -0.2) is 4.98 Å². The zero-order valence-electron chi connectivity index (χ0n) is 16.8. The van der Waals surface area contributed by atoms with Gasteiger partial charge in [-0.15, -0.1) is 0 Å². The molecule has 0 bridgehead atoms. The predicted octanol–water partition coefficient (Wildman–Crippen LogP) is 2.92. The minimum Gasteiger partial charge on any atom is -0.365 e. The minimum atomic E-state index is 0.327. The van der Waals surface area contributed by atoms with Crippen molar-refractivity contribution in [1.82, 2.24) is 14.8 Å². The summed E-state index contributed by atoms with van der Waals surface area (Å²) in [6, 6.07) is 8.37. The fourth-order valence-electron chi connectivity index (χ4n) is 3.85. The Bertz CT molecular complexity index is 778. The maximum absolute atomic E-state index is 6.01. The van der Waals surface area contributed by atoms with Crippen molar-refractivity contribution in [2.24, 2.45) is 0 Å². The Kier molecular flexibility index (Phi) is 6.81. The van der Waals surface area contributed by atoms with Crippen molar-refractivity contribution in [3.8, 4) is 11.8 Å². The first-order valence-corrected chi connectivity index (χ1v) is 11.3. The second kappa shape index (κ2) is 9.71. The van der Waals surface area contributed by atoms with E-state index in [1.807, 2.05) is 0 Å². The van der Waals surface area contributed by atoms with Gasteiger partial charge >= 0.3 is 0 Å². The summed E-state index contributed by atoms with van der Waals surface area (Å²) in [6.07, 6.45) is 2.43. The molecule has 0 aliphatic carbocycles. The van der Waals surface area contributed by atoms with E-state index in [2.05, 4.69) is 57.7 Å². The molecule has 1 aromatic heterocycles. The Morgan fingerprint density at radius 3 is 2.54 bits per heavy atom. The van der Waals surface area contributed by atoms with Gasteiger partial charge in [-0.3, -0.25) is 4.90 Å². The molecule has 0 unspecified atom stereocenters. The molecule has 4 rings (SSSR count). The van der Waals surface area contributed by atoms with Crippen LogP contribution in [0.1, 0.15) is 19.8 Å². The third-order valence-electron chi connectivity index (χ3n) is 5.73. The molecule has 6 heteroatoms. The number of piperidine rings is 1. The number of hydrogen-bond donors (Lipinski definition) is 0. The molecule has 2 saturated heterocycles. The Hall–Kier alpha value is -1.65. The Balaban J connectivity index is 1.15. The van der Waals surface area contributed by atoms with Crippen molar-refractivity contribution >= 4 is 26.7 Å². The van der Waals surface area contributed by atoms with Gasteiger partial charge in [-0.2, -0.15) is 0 Å². The maximum Gasteiger partial charge on any atom is 0.186 e. The average molecular weight is 399 g/mol. The van der Waals surface area contributed by atoms with Crippen LogP contribution in [0.3, 0.4) is 0 Å². The van der Waals surface area contributed by atoms with E-state index >= 15 is 0 Å². The van der Waals surface area contributed by atoms with Crippen LogP contribution >= 0.6 is 11.3 Å². The van der Waals surface area contributed by atoms with Crippen molar-refractivity contribution in [3.05, 3.63) is 24.3 Å². The second-order valence-electron chi connectivity index (χ2n) is 7.53. The largest absolute Gasteiger partial charge is 0.365 e. The van der Waals surface area contributed by atoms with Crippen molar-refractivity contribution in [3.63, 3.8) is 0 Å². The van der Waals surface area contributed by atoms with Crippen LogP contribution in [-0.4, -0.2) is 79.9 Å². The topological polar surface area (TPSA) is 31.8 Å². The fourth-order valence-corrected chi connectivity index (χ4v) is 4.87. The van der Waals surface area contributed by atoms with Gasteiger partial charge in [0.25, 0.3) is 0 Å². The molecule has 0 spiro atoms. The number of para-hydroxylation sites is 1. The summed E-state index contributed by atoms with van der Waals surface area (Å²) in [7, 11) is 0. The third-order valence-corrected chi connectivity index (χ3v) is 6.82. The lowest BCUT2D eigenvalue weighted by atomic mass is 10.1. The number of likely N-dealkylation sites (N-methyl/N-ethyl adjacent to an activating group) is 1. The van der Waals surface area contributed by atoms with Crippen LogP contribution in [-0.2, 0) is 4.74 Å². The van der Waals surface area contributed by atoms with Gasteiger partial charge in [0.1, 0.15) is 6.61 Å². The molecule has 2 fully saturated rings. The maximum atomic E-state index is 6.01. The molecule has 150 valence electrons. The number of rotatable bonds is 5. The van der Waals surface area contributed by atoms with Crippen molar-refractivity contribution in [1.29, 1.82) is 0 Å². The first kappa shape index (κ1) is 19.7. The summed E-state index contributed by atoms with van der Waals surface area (Å²) in [4.78, 5) is 12.1. The Labute approximate surface area is 172 Å². The number of anilines is 1. The number of thiazole rings is 1. The van der Waals surface area contributed by atoms with Gasteiger partial charge in [0.15, 0.2) is 5.13 Å². The normalized spacial score (nSPS) is 19.7. The molecular formula is C22H30N4OS. The van der Waals surface area contributed by atoms with E-state index in [4.69, 9.17) is 9.72 Å². The monoisotopic (exact) mass is 398 g/mol. The number of benzene rings is 1. The van der Waals surface area contributed by atoms with E-state index in [0.717, 1.165) is 62.8 Å². The SMILES string of the molecule is CCN1CCN(CC#CCOC2CCN(c3nc4ccccc4s3)CC2)CC1. The first-order chi connectivity index (χ1) is 13.8. The predicted molar refractivity (Wildman–Crippen MR) is 117 cm³/mol. The van der Waals surface area contributed by atoms with Crippen LogP contribution in [0.4, 0.5) is 5.13 Å². The second-order valence-corrected chi connectivity index (χ2v) is 8.53. The van der Waals surface area contributed by atoms with Crippen LogP contribution < -0.4 is 4.90 Å². The summed E-state index contributed by atoms with van der Waals surface area (Å²) in [5.41, 5.74) is 1.10. The van der Waals surface area contributed by atoms with E-state index in [1.165, 1.54) is 17.8 Å². The fraction of sp³-hybridized carbons (Fsp3) is 0.591. The van der Waals surface area contributed by atoms with Gasteiger partial charge in [-0.1, -0.05) is 42.2 Å². The third kappa shape index (κ3) is 5.03. The molecule has 28 heavy (non-hydrogen) atoms. The van der Waals surface area contributed by atoms with Gasteiger partial charge in [0.05, 0.1) is 22.9 Å². The number of hydrogen-bond acceptors (Lipinski definition) is 6. The summed E-state index contributed by atoms with van der Waals surface area (Å²) >= 11 is 1.79. The highest BCUT2D eigenvalue weighted by molar-refractivity contribution is 7.22. The lowest BCUT2D eigenvalue weighted by molar-refractivity contribution is 0.0594. The molecule has 2 aliphatic rings. The van der Waals surface area contributed by atoms with E-state index in [9.17, 15) is 0 Å². The summed E-state index contributed by atoms with van der Waals surface area (Å²) in [5, 5.41) is 1.14. The number of ether oxygens (including phenoxy) is 1. The number of fused-ring (bicyclic) bond motifs is 1. The molecule has 1 aromatic carbocycles. The molecule has 5 nitrogen and oxygen atoms in total. The lowest BCUT2D eigenvalue weighted by Gasteiger charge is -2.32. The van der Waals surface area contributed by atoms with Gasteiger partial charge < -0.3 is 14.5 Å². The Morgan fingerprint density at radius 2 is 1.79 bits per heavy atom. The first-order valence-electron chi connectivity index (χ1n) is 10.4. The molecule has 3 heterocycles. The van der Waals surface area contributed by atoms with Crippen molar-refractivity contribution < 1.29 is 4.74 Å². The molecule has 0 amide bonds. The number of piperazine rings is 1. The highest BCUT2D eigenvalue weighted by Gasteiger charge is 2.21. The number of nitrogens with zero attached hydrogens (tertiary/aromatic N) is 4. The zero-order chi connectivity index (χ0) is 19.2. The van der Waals surface area contributed by atoms with Crippen LogP contribution in [0.15, 0.2) is 24.3 Å². The highest BCUT2D eigenvalue weighted by Crippen LogP contribution is 2.30. The average Bonchev–Trinajstić information content (AvgIpc) is 3.19. The van der Waals surface area contributed by atoms with E-state index in [-0.39, 0.29) is 0 Å². The van der Waals surface area contributed by atoms with E-state index < -0.39 is 0 Å². The molecule has 0 radical (unpaired) electrons. The standard InChI is InChI=1S/C22H30N4OS/c1-2-24-14-16-25(17-15-24)11-5-6-18-27-19-9-12-26(13-10-19)22-23-20-7-3-4-8-21(20)28-22/h3-4,7-8,19H,2,9-18H2,1H3. The van der Waals surface area contributed by atoms with E-state index in [0.29, 0.717) is 12.7 Å². The van der Waals surface area contributed by atoms with Crippen molar-refractivity contribution in [2.45, 2.75) is 25.9 Å². The van der Waals surface area contributed by atoms with Crippen LogP contribution in [0.5, 0.6) is 0 Å².